The molecule has 0 heterocycles. The molecule has 0 radical (unpaired) electrons. The topological polar surface area (TPSA) is 41.6 Å². The minimum Gasteiger partial charge on any atom is -0.387 e. The van der Waals surface area contributed by atoms with Gasteiger partial charge in [-0.3, -0.25) is 4.99 Å². The highest BCUT2D eigenvalue weighted by Gasteiger charge is 2.20. The summed E-state index contributed by atoms with van der Waals surface area (Å²) in [6.07, 6.45) is 0. The summed E-state index contributed by atoms with van der Waals surface area (Å²) in [7, 11) is 4.16. The molecule has 2 N–H and O–H groups in total. The zero-order valence-corrected chi connectivity index (χ0v) is 11.4. The van der Waals surface area contributed by atoms with Crippen molar-refractivity contribution >= 4 is 5.84 Å². The van der Waals surface area contributed by atoms with Crippen LogP contribution in [0, 0.1) is 10.8 Å². The fourth-order valence-electron chi connectivity index (χ4n) is 1.44. The summed E-state index contributed by atoms with van der Waals surface area (Å²) in [5, 5.41) is 0. The van der Waals surface area contributed by atoms with Gasteiger partial charge in [-0.1, -0.05) is 34.6 Å². The lowest BCUT2D eigenvalue weighted by molar-refractivity contribution is 0.248. The molecule has 0 bridgehead atoms. The van der Waals surface area contributed by atoms with Crippen LogP contribution >= 0.6 is 0 Å². The van der Waals surface area contributed by atoms with Crippen molar-refractivity contribution in [2.75, 3.05) is 27.2 Å². The first-order valence-electron chi connectivity index (χ1n) is 5.50. The predicted octanol–water partition coefficient (Wildman–Crippen LogP) is 1.98. The van der Waals surface area contributed by atoms with Crippen molar-refractivity contribution in [2.24, 2.45) is 21.6 Å². The Hall–Kier alpha value is -0.570. The summed E-state index contributed by atoms with van der Waals surface area (Å²) in [5.41, 5.74) is 6.09. The van der Waals surface area contributed by atoms with Gasteiger partial charge in [0.2, 0.25) is 0 Å². The average molecular weight is 213 g/mol. The second-order valence-electron chi connectivity index (χ2n) is 6.35. The van der Waals surface area contributed by atoms with Crippen LogP contribution in [0.25, 0.3) is 0 Å². The molecule has 0 saturated heterocycles. The summed E-state index contributed by atoms with van der Waals surface area (Å²) >= 11 is 0. The van der Waals surface area contributed by atoms with E-state index in [0.29, 0.717) is 0 Å². The van der Waals surface area contributed by atoms with Crippen LogP contribution < -0.4 is 5.73 Å². The van der Waals surface area contributed by atoms with Crippen molar-refractivity contribution in [2.45, 2.75) is 34.6 Å². The van der Waals surface area contributed by atoms with Gasteiger partial charge >= 0.3 is 0 Å². The average Bonchev–Trinajstić information content (AvgIpc) is 1.95. The highest BCUT2D eigenvalue weighted by atomic mass is 15.1. The third-order valence-electron chi connectivity index (χ3n) is 2.19. The van der Waals surface area contributed by atoms with Crippen LogP contribution in [0.4, 0.5) is 0 Å². The van der Waals surface area contributed by atoms with Gasteiger partial charge in [0.15, 0.2) is 0 Å². The number of nitrogens with zero attached hydrogens (tertiary/aromatic N) is 2. The minimum absolute atomic E-state index is 0.0196. The third-order valence-corrected chi connectivity index (χ3v) is 2.19. The summed E-state index contributed by atoms with van der Waals surface area (Å²) in [4.78, 5) is 6.67. The lowest BCUT2D eigenvalue weighted by Crippen LogP contribution is -2.34. The Balaban J connectivity index is 4.36. The number of nitrogens with two attached hydrogens (primary N) is 1. The Labute approximate surface area is 94.7 Å². The van der Waals surface area contributed by atoms with Crippen molar-refractivity contribution in [3.8, 4) is 0 Å². The largest absolute Gasteiger partial charge is 0.387 e. The highest BCUT2D eigenvalue weighted by molar-refractivity contribution is 5.85. The summed E-state index contributed by atoms with van der Waals surface area (Å²) in [6.45, 7) is 12.5. The molecule has 0 aromatic heterocycles. The molecule has 0 aliphatic rings. The van der Waals surface area contributed by atoms with E-state index in [4.69, 9.17) is 5.73 Å². The maximum Gasteiger partial charge on any atom is 0.0991 e. The molecule has 0 amide bonds. The van der Waals surface area contributed by atoms with Crippen LogP contribution in [0.15, 0.2) is 4.99 Å². The molecule has 0 unspecified atom stereocenters. The Morgan fingerprint density at radius 3 is 1.93 bits per heavy atom. The van der Waals surface area contributed by atoms with Gasteiger partial charge in [0.25, 0.3) is 0 Å². The molecule has 15 heavy (non-hydrogen) atoms. The Kier molecular flexibility index (Phi) is 4.78. The normalized spacial score (nSPS) is 14.8. The molecule has 3 heteroatoms. The quantitative estimate of drug-likeness (QED) is 0.573. The number of hydrogen-bond donors (Lipinski definition) is 1. The second kappa shape index (κ2) is 4.97. The molecule has 3 nitrogen and oxygen atoms in total. The van der Waals surface area contributed by atoms with Crippen molar-refractivity contribution in [3.05, 3.63) is 0 Å². The van der Waals surface area contributed by atoms with Crippen molar-refractivity contribution in [1.29, 1.82) is 0 Å². The van der Waals surface area contributed by atoms with Gasteiger partial charge in [-0.05, 0) is 19.5 Å². The van der Waals surface area contributed by atoms with E-state index in [0.717, 1.165) is 18.9 Å². The lowest BCUT2D eigenvalue weighted by Gasteiger charge is -2.27. The monoisotopic (exact) mass is 213 g/mol. The SMILES string of the molecule is CN(C)CC(C)(C)CN=C(N)C(C)(C)C. The van der Waals surface area contributed by atoms with Crippen LogP contribution in [0.1, 0.15) is 34.6 Å². The molecule has 0 saturated carbocycles. The van der Waals surface area contributed by atoms with E-state index in [1.54, 1.807) is 0 Å². The first-order chi connectivity index (χ1) is 6.54. The van der Waals surface area contributed by atoms with Gasteiger partial charge in [0, 0.05) is 18.5 Å². The van der Waals surface area contributed by atoms with E-state index in [9.17, 15) is 0 Å². The first-order valence-corrected chi connectivity index (χ1v) is 5.50. The van der Waals surface area contributed by atoms with Crippen LogP contribution in [0.3, 0.4) is 0 Å². The summed E-state index contributed by atoms with van der Waals surface area (Å²) < 4.78 is 0. The van der Waals surface area contributed by atoms with Crippen molar-refractivity contribution in [1.82, 2.24) is 4.90 Å². The predicted molar refractivity (Wildman–Crippen MR) is 68.3 cm³/mol. The van der Waals surface area contributed by atoms with Crippen LogP contribution in [0.5, 0.6) is 0 Å². The van der Waals surface area contributed by atoms with Gasteiger partial charge in [-0.15, -0.1) is 0 Å². The minimum atomic E-state index is -0.0196. The zero-order valence-electron chi connectivity index (χ0n) is 11.4. The maximum atomic E-state index is 5.93. The standard InChI is InChI=1S/C12H27N3/c1-11(2,3)10(13)14-8-12(4,5)9-15(6)7/h8-9H2,1-7H3,(H2,13,14). The molecule has 0 atom stereocenters. The number of amidine groups is 1. The van der Waals surface area contributed by atoms with Crippen LogP contribution in [0.2, 0.25) is 0 Å². The molecule has 0 aromatic carbocycles. The van der Waals surface area contributed by atoms with E-state index >= 15 is 0 Å². The van der Waals surface area contributed by atoms with Crippen LogP contribution in [-0.2, 0) is 0 Å². The van der Waals surface area contributed by atoms with Crippen molar-refractivity contribution in [3.63, 3.8) is 0 Å². The molecule has 0 aliphatic carbocycles. The second-order valence-corrected chi connectivity index (χ2v) is 6.35. The van der Waals surface area contributed by atoms with E-state index < -0.39 is 0 Å². The van der Waals surface area contributed by atoms with E-state index in [1.165, 1.54) is 0 Å². The Morgan fingerprint density at radius 1 is 1.13 bits per heavy atom. The zero-order chi connectivity index (χ0) is 12.3. The molecule has 0 aromatic rings. The maximum absolute atomic E-state index is 5.93. The van der Waals surface area contributed by atoms with Crippen molar-refractivity contribution < 1.29 is 0 Å². The Bertz CT molecular complexity index is 222. The Morgan fingerprint density at radius 2 is 1.60 bits per heavy atom. The van der Waals surface area contributed by atoms with Gasteiger partial charge in [-0.2, -0.15) is 0 Å². The van der Waals surface area contributed by atoms with Crippen LogP contribution in [-0.4, -0.2) is 37.9 Å². The third kappa shape index (κ3) is 6.50. The molecule has 0 spiro atoms. The number of rotatable bonds is 4. The first kappa shape index (κ1) is 14.4. The smallest absolute Gasteiger partial charge is 0.0991 e. The molecule has 0 aliphatic heterocycles. The fourth-order valence-corrected chi connectivity index (χ4v) is 1.44. The summed E-state index contributed by atoms with van der Waals surface area (Å²) in [5.74, 6) is 0.745. The molecule has 90 valence electrons. The number of aliphatic imine (C=N–C) groups is 1. The molecular weight excluding hydrogens is 186 g/mol. The molecule has 0 rings (SSSR count). The van der Waals surface area contributed by atoms with E-state index in [2.05, 4.69) is 58.6 Å². The highest BCUT2D eigenvalue weighted by Crippen LogP contribution is 2.18. The molecule has 0 fully saturated rings. The van der Waals surface area contributed by atoms with E-state index in [-0.39, 0.29) is 10.8 Å². The van der Waals surface area contributed by atoms with Gasteiger partial charge < -0.3 is 10.6 Å². The fraction of sp³-hybridized carbons (Fsp3) is 0.917. The van der Waals surface area contributed by atoms with Gasteiger partial charge in [0.05, 0.1) is 5.84 Å². The lowest BCUT2D eigenvalue weighted by atomic mass is 9.92. The van der Waals surface area contributed by atoms with E-state index in [1.807, 2.05) is 0 Å². The van der Waals surface area contributed by atoms with Gasteiger partial charge in [0.1, 0.15) is 0 Å². The number of hydrogen-bond acceptors (Lipinski definition) is 2. The molecular formula is C12H27N3. The summed E-state index contributed by atoms with van der Waals surface area (Å²) in [6, 6.07) is 0. The van der Waals surface area contributed by atoms with Gasteiger partial charge in [-0.25, -0.2) is 0 Å².